The maximum absolute atomic E-state index is 13.1. The van der Waals surface area contributed by atoms with Crippen molar-refractivity contribution in [1.82, 2.24) is 10.2 Å². The fraction of sp³-hybridized carbons (Fsp3) is 0.481. The number of carbonyl (C=O) groups excluding carboxylic acids is 1. The van der Waals surface area contributed by atoms with Crippen LogP contribution in [0, 0.1) is 29.0 Å². The third kappa shape index (κ3) is 8.12. The van der Waals surface area contributed by atoms with E-state index in [1.165, 1.54) is 12.1 Å². The minimum absolute atomic E-state index is 0.207. The highest BCUT2D eigenvalue weighted by atomic mass is 19.1. The van der Waals surface area contributed by atoms with Crippen LogP contribution in [0.3, 0.4) is 0 Å². The molecule has 2 unspecified atom stereocenters. The quantitative estimate of drug-likeness (QED) is 0.506. The van der Waals surface area contributed by atoms with Gasteiger partial charge in [-0.15, -0.1) is 0 Å². The maximum Gasteiger partial charge on any atom is 0.319 e. The number of piperidine rings is 1. The van der Waals surface area contributed by atoms with Crippen LogP contribution in [-0.2, 0) is 6.42 Å². The highest BCUT2D eigenvalue weighted by Gasteiger charge is 2.27. The molecule has 0 spiro atoms. The standard InChI is InChI=1S/C27H35FN4O2/c1-19(2)14-25(31-27(34)30-24-5-3-4-22(16-24)17-29)26(33)18-32-12-10-21(11-13-32)15-20-6-8-23(28)9-7-20/h3-9,16,19,21,25-26,33H,10-15,18H2,1-2H3,(H2,30,31,34). The first kappa shape index (κ1) is 25.7. The van der Waals surface area contributed by atoms with Crippen molar-refractivity contribution in [2.45, 2.75) is 51.7 Å². The van der Waals surface area contributed by atoms with Gasteiger partial charge in [-0.3, -0.25) is 0 Å². The van der Waals surface area contributed by atoms with E-state index in [0.29, 0.717) is 36.1 Å². The van der Waals surface area contributed by atoms with E-state index in [9.17, 15) is 14.3 Å². The average molecular weight is 467 g/mol. The lowest BCUT2D eigenvalue weighted by atomic mass is 9.89. The van der Waals surface area contributed by atoms with Gasteiger partial charge in [-0.25, -0.2) is 9.18 Å². The number of β-amino-alcohol motifs (C(OH)–C–C–N with tert-alkyl or cyclic N) is 1. The summed E-state index contributed by atoms with van der Waals surface area (Å²) >= 11 is 0. The van der Waals surface area contributed by atoms with Crippen LogP contribution < -0.4 is 10.6 Å². The molecule has 0 saturated carbocycles. The zero-order valence-corrected chi connectivity index (χ0v) is 20.0. The Hall–Kier alpha value is -2.95. The van der Waals surface area contributed by atoms with Crippen molar-refractivity contribution in [3.63, 3.8) is 0 Å². The van der Waals surface area contributed by atoms with Gasteiger partial charge in [0.25, 0.3) is 0 Å². The Bertz CT molecular complexity index is 965. The van der Waals surface area contributed by atoms with E-state index in [1.807, 2.05) is 12.1 Å². The SMILES string of the molecule is CC(C)CC(NC(=O)Nc1cccc(C#N)c1)C(O)CN1CCC(Cc2ccc(F)cc2)CC1. The van der Waals surface area contributed by atoms with Gasteiger partial charge in [-0.2, -0.15) is 5.26 Å². The summed E-state index contributed by atoms with van der Waals surface area (Å²) in [6.07, 6.45) is 2.98. The number of nitriles is 1. The van der Waals surface area contributed by atoms with E-state index < -0.39 is 12.1 Å². The molecule has 3 N–H and O–H groups in total. The molecule has 2 atom stereocenters. The molecule has 1 heterocycles. The van der Waals surface area contributed by atoms with Crippen LogP contribution in [0.15, 0.2) is 48.5 Å². The molecular weight excluding hydrogens is 431 g/mol. The number of aliphatic hydroxyl groups is 1. The van der Waals surface area contributed by atoms with Crippen molar-refractivity contribution >= 4 is 11.7 Å². The normalized spacial score (nSPS) is 16.6. The lowest BCUT2D eigenvalue weighted by Crippen LogP contribution is -2.51. The smallest absolute Gasteiger partial charge is 0.319 e. The molecule has 34 heavy (non-hydrogen) atoms. The minimum atomic E-state index is -0.688. The molecular formula is C27H35FN4O2. The van der Waals surface area contributed by atoms with Crippen LogP contribution >= 0.6 is 0 Å². The number of nitrogens with zero attached hydrogens (tertiary/aromatic N) is 2. The molecule has 1 saturated heterocycles. The van der Waals surface area contributed by atoms with E-state index in [1.54, 1.807) is 24.3 Å². The summed E-state index contributed by atoms with van der Waals surface area (Å²) in [5.74, 6) is 0.656. The summed E-state index contributed by atoms with van der Waals surface area (Å²) in [4.78, 5) is 14.8. The fourth-order valence-electron chi connectivity index (χ4n) is 4.54. The summed E-state index contributed by atoms with van der Waals surface area (Å²) in [5, 5.41) is 25.7. The monoisotopic (exact) mass is 466 g/mol. The van der Waals surface area contributed by atoms with Gasteiger partial charge in [0.15, 0.2) is 0 Å². The first-order valence-corrected chi connectivity index (χ1v) is 12.0. The van der Waals surface area contributed by atoms with Crippen molar-refractivity contribution in [3.8, 4) is 6.07 Å². The lowest BCUT2D eigenvalue weighted by molar-refractivity contribution is 0.0605. The van der Waals surface area contributed by atoms with Gasteiger partial charge in [0.2, 0.25) is 0 Å². The Labute approximate surface area is 201 Å². The van der Waals surface area contributed by atoms with Gasteiger partial charge in [0, 0.05) is 12.2 Å². The summed E-state index contributed by atoms with van der Waals surface area (Å²) in [6.45, 7) is 6.42. The zero-order valence-electron chi connectivity index (χ0n) is 20.0. The van der Waals surface area contributed by atoms with E-state index >= 15 is 0 Å². The third-order valence-electron chi connectivity index (χ3n) is 6.35. The first-order chi connectivity index (χ1) is 16.3. The fourth-order valence-corrected chi connectivity index (χ4v) is 4.54. The number of hydrogen-bond donors (Lipinski definition) is 3. The highest BCUT2D eigenvalue weighted by molar-refractivity contribution is 5.89. The molecule has 0 bridgehead atoms. The highest BCUT2D eigenvalue weighted by Crippen LogP contribution is 2.23. The number of hydrogen-bond acceptors (Lipinski definition) is 4. The van der Waals surface area contributed by atoms with Crippen LogP contribution in [0.5, 0.6) is 0 Å². The van der Waals surface area contributed by atoms with Crippen LogP contribution in [0.25, 0.3) is 0 Å². The van der Waals surface area contributed by atoms with Crippen LogP contribution in [0.1, 0.15) is 44.2 Å². The summed E-state index contributed by atoms with van der Waals surface area (Å²) in [7, 11) is 0. The van der Waals surface area contributed by atoms with Gasteiger partial charge in [0.1, 0.15) is 5.82 Å². The zero-order chi connectivity index (χ0) is 24.5. The predicted octanol–water partition coefficient (Wildman–Crippen LogP) is 4.55. The maximum atomic E-state index is 13.1. The number of likely N-dealkylation sites (tertiary alicyclic amines) is 1. The van der Waals surface area contributed by atoms with Gasteiger partial charge in [0.05, 0.1) is 23.8 Å². The van der Waals surface area contributed by atoms with E-state index in [4.69, 9.17) is 5.26 Å². The molecule has 1 aliphatic rings. The molecule has 7 heteroatoms. The molecule has 2 amide bonds. The minimum Gasteiger partial charge on any atom is -0.390 e. The number of amides is 2. The molecule has 6 nitrogen and oxygen atoms in total. The molecule has 3 rings (SSSR count). The molecule has 2 aromatic carbocycles. The Morgan fingerprint density at radius 1 is 1.21 bits per heavy atom. The van der Waals surface area contributed by atoms with Crippen molar-refractivity contribution in [3.05, 3.63) is 65.5 Å². The van der Waals surface area contributed by atoms with Crippen molar-refractivity contribution < 1.29 is 14.3 Å². The summed E-state index contributed by atoms with van der Waals surface area (Å²) in [5.41, 5.74) is 2.17. The number of benzene rings is 2. The first-order valence-electron chi connectivity index (χ1n) is 12.0. The number of anilines is 1. The van der Waals surface area contributed by atoms with Crippen molar-refractivity contribution in [2.24, 2.45) is 11.8 Å². The van der Waals surface area contributed by atoms with Gasteiger partial charge in [-0.05, 0) is 86.5 Å². The Kier molecular flexibility index (Phi) is 9.43. The molecule has 0 aliphatic carbocycles. The van der Waals surface area contributed by atoms with Gasteiger partial charge < -0.3 is 20.6 Å². The van der Waals surface area contributed by atoms with E-state index in [0.717, 1.165) is 37.9 Å². The second kappa shape index (κ2) is 12.5. The molecule has 0 aromatic heterocycles. The van der Waals surface area contributed by atoms with E-state index in [-0.39, 0.29) is 11.9 Å². The van der Waals surface area contributed by atoms with Gasteiger partial charge >= 0.3 is 6.03 Å². The predicted molar refractivity (Wildman–Crippen MR) is 132 cm³/mol. The van der Waals surface area contributed by atoms with Gasteiger partial charge in [-0.1, -0.05) is 32.0 Å². The van der Waals surface area contributed by atoms with Crippen molar-refractivity contribution in [2.75, 3.05) is 25.0 Å². The summed E-state index contributed by atoms with van der Waals surface area (Å²) < 4.78 is 13.1. The number of nitrogens with one attached hydrogen (secondary N) is 2. The Morgan fingerprint density at radius 2 is 1.91 bits per heavy atom. The van der Waals surface area contributed by atoms with Crippen molar-refractivity contribution in [1.29, 1.82) is 5.26 Å². The molecule has 182 valence electrons. The Balaban J connectivity index is 1.49. The third-order valence-corrected chi connectivity index (χ3v) is 6.35. The lowest BCUT2D eigenvalue weighted by Gasteiger charge is -2.35. The topological polar surface area (TPSA) is 88.4 Å². The number of halogens is 1. The van der Waals surface area contributed by atoms with Crippen LogP contribution in [0.4, 0.5) is 14.9 Å². The second-order valence-electron chi connectivity index (χ2n) is 9.67. The second-order valence-corrected chi connectivity index (χ2v) is 9.67. The number of carbonyl (C=O) groups is 1. The van der Waals surface area contributed by atoms with Crippen LogP contribution in [0.2, 0.25) is 0 Å². The number of urea groups is 1. The van der Waals surface area contributed by atoms with Crippen LogP contribution in [-0.4, -0.2) is 47.8 Å². The Morgan fingerprint density at radius 3 is 2.56 bits per heavy atom. The molecule has 1 aliphatic heterocycles. The number of rotatable bonds is 9. The molecule has 0 radical (unpaired) electrons. The van der Waals surface area contributed by atoms with E-state index in [2.05, 4.69) is 35.5 Å². The average Bonchev–Trinajstić information content (AvgIpc) is 2.81. The summed E-state index contributed by atoms with van der Waals surface area (Å²) in [6, 6.07) is 14.8. The molecule has 1 fully saturated rings. The number of aliphatic hydroxyl groups excluding tert-OH is 1. The largest absolute Gasteiger partial charge is 0.390 e. The molecule has 2 aromatic rings.